The van der Waals surface area contributed by atoms with Crippen molar-refractivity contribution in [2.24, 2.45) is 0 Å². The van der Waals surface area contributed by atoms with Crippen LogP contribution in [-0.4, -0.2) is 35.0 Å². The number of fused-ring (bicyclic) bond motifs is 1. The minimum atomic E-state index is -0.625. The molecule has 1 unspecified atom stereocenters. The molecular formula is C32H37NO3. The van der Waals surface area contributed by atoms with E-state index in [0.717, 1.165) is 28.7 Å². The van der Waals surface area contributed by atoms with E-state index in [2.05, 4.69) is 67.7 Å². The number of β-amino-alcohol motifs (C(OH)–C–C–N with tert-alkyl or cyclic N) is 1. The summed E-state index contributed by atoms with van der Waals surface area (Å²) in [5, 5.41) is 26.4. The summed E-state index contributed by atoms with van der Waals surface area (Å²) in [5.74, 6) is 0. The second-order valence-corrected chi connectivity index (χ2v) is 10.2. The lowest BCUT2D eigenvalue weighted by atomic mass is 9.93. The summed E-state index contributed by atoms with van der Waals surface area (Å²) in [6.45, 7) is 6.99. The van der Waals surface area contributed by atoms with Crippen molar-refractivity contribution < 1.29 is 14.9 Å². The van der Waals surface area contributed by atoms with Crippen molar-refractivity contribution in [2.75, 3.05) is 13.2 Å². The summed E-state index contributed by atoms with van der Waals surface area (Å²) in [6, 6.07) is 30.9. The molecule has 0 saturated carbocycles. The largest absolute Gasteiger partial charge is 0.392 e. The van der Waals surface area contributed by atoms with Crippen molar-refractivity contribution in [1.29, 1.82) is 0 Å². The van der Waals surface area contributed by atoms with E-state index in [4.69, 9.17) is 4.74 Å². The number of aliphatic hydroxyl groups excluding tert-OH is 2. The van der Waals surface area contributed by atoms with E-state index in [-0.39, 0.29) is 24.9 Å². The summed E-state index contributed by atoms with van der Waals surface area (Å²) in [4.78, 5) is 0. The number of benzene rings is 4. The summed E-state index contributed by atoms with van der Waals surface area (Å²) in [5.41, 5.74) is 5.06. The average molecular weight is 484 g/mol. The van der Waals surface area contributed by atoms with Crippen LogP contribution in [0.15, 0.2) is 91.0 Å². The first-order chi connectivity index (χ1) is 17.4. The van der Waals surface area contributed by atoms with Gasteiger partial charge in [-0.1, -0.05) is 91.0 Å². The van der Waals surface area contributed by atoms with E-state index in [1.54, 1.807) is 0 Å². The lowest BCUT2D eigenvalue weighted by Crippen LogP contribution is -2.46. The van der Waals surface area contributed by atoms with Crippen LogP contribution >= 0.6 is 0 Å². The maximum Gasteiger partial charge on any atom is 0.0898 e. The molecule has 4 aromatic rings. The van der Waals surface area contributed by atoms with Crippen molar-refractivity contribution in [3.8, 4) is 11.1 Å². The highest BCUT2D eigenvalue weighted by molar-refractivity contribution is 5.83. The van der Waals surface area contributed by atoms with E-state index in [1.165, 1.54) is 16.3 Å². The molecule has 0 spiro atoms. The fourth-order valence-electron chi connectivity index (χ4n) is 4.74. The molecule has 2 atom stereocenters. The number of ether oxygens (including phenoxy) is 1. The van der Waals surface area contributed by atoms with Gasteiger partial charge in [0.2, 0.25) is 0 Å². The van der Waals surface area contributed by atoms with Crippen LogP contribution in [0.5, 0.6) is 0 Å². The number of aliphatic hydroxyl groups is 2. The number of rotatable bonds is 11. The Hall–Kier alpha value is -3.02. The first-order valence-corrected chi connectivity index (χ1v) is 12.7. The zero-order valence-corrected chi connectivity index (χ0v) is 21.4. The molecule has 0 saturated heterocycles. The van der Waals surface area contributed by atoms with Crippen molar-refractivity contribution in [3.63, 3.8) is 0 Å². The molecule has 4 nitrogen and oxygen atoms in total. The molecule has 0 aromatic heterocycles. The molecule has 0 fully saturated rings. The van der Waals surface area contributed by atoms with Gasteiger partial charge in [-0.25, -0.2) is 0 Å². The van der Waals surface area contributed by atoms with Gasteiger partial charge in [-0.15, -0.1) is 0 Å². The predicted molar refractivity (Wildman–Crippen MR) is 148 cm³/mol. The molecule has 0 aliphatic carbocycles. The van der Waals surface area contributed by atoms with E-state index in [9.17, 15) is 10.2 Å². The monoisotopic (exact) mass is 483 g/mol. The molecular weight excluding hydrogens is 446 g/mol. The first-order valence-electron chi connectivity index (χ1n) is 12.7. The fourth-order valence-corrected chi connectivity index (χ4v) is 4.74. The standard InChI is InChI=1S/C32H37NO3/c1-23(29-13-8-9-15-31(29)30-14-7-6-12-27(30)21-34)36-22-28(35)20-33-32(2,3)19-24-16-17-25-10-4-5-11-26(25)18-24/h4-18,23,28,33-35H,19-22H2,1-3H3/t23?,28-/m1/s1. The highest BCUT2D eigenvalue weighted by Gasteiger charge is 2.21. The van der Waals surface area contributed by atoms with Gasteiger partial charge < -0.3 is 20.3 Å². The molecule has 0 aliphatic rings. The van der Waals surface area contributed by atoms with Crippen LogP contribution in [0.2, 0.25) is 0 Å². The van der Waals surface area contributed by atoms with Gasteiger partial charge in [-0.3, -0.25) is 0 Å². The molecule has 0 radical (unpaired) electrons. The van der Waals surface area contributed by atoms with Gasteiger partial charge in [0.25, 0.3) is 0 Å². The maximum absolute atomic E-state index is 10.7. The summed E-state index contributed by atoms with van der Waals surface area (Å²) in [6.07, 6.45) is 0.0350. The summed E-state index contributed by atoms with van der Waals surface area (Å²) >= 11 is 0. The van der Waals surface area contributed by atoms with Crippen molar-refractivity contribution in [2.45, 2.75) is 51.5 Å². The van der Waals surface area contributed by atoms with Crippen LogP contribution < -0.4 is 5.32 Å². The second kappa shape index (κ2) is 11.8. The summed E-state index contributed by atoms with van der Waals surface area (Å²) in [7, 11) is 0. The van der Waals surface area contributed by atoms with E-state index >= 15 is 0 Å². The number of nitrogens with one attached hydrogen (secondary N) is 1. The lowest BCUT2D eigenvalue weighted by Gasteiger charge is -2.28. The molecule has 4 heteroatoms. The van der Waals surface area contributed by atoms with Crippen LogP contribution in [0.3, 0.4) is 0 Å². The van der Waals surface area contributed by atoms with E-state index < -0.39 is 6.10 Å². The van der Waals surface area contributed by atoms with Gasteiger partial charge in [0.15, 0.2) is 0 Å². The van der Waals surface area contributed by atoms with Crippen molar-refractivity contribution in [1.82, 2.24) is 5.32 Å². The zero-order chi connectivity index (χ0) is 25.5. The Morgan fingerprint density at radius 3 is 2.28 bits per heavy atom. The Morgan fingerprint density at radius 1 is 0.833 bits per heavy atom. The van der Waals surface area contributed by atoms with Crippen LogP contribution in [0, 0.1) is 0 Å². The number of hydrogen-bond acceptors (Lipinski definition) is 4. The molecule has 36 heavy (non-hydrogen) atoms. The molecule has 3 N–H and O–H groups in total. The average Bonchev–Trinajstić information content (AvgIpc) is 2.90. The van der Waals surface area contributed by atoms with Gasteiger partial charge in [0.1, 0.15) is 0 Å². The lowest BCUT2D eigenvalue weighted by molar-refractivity contribution is -0.00397. The van der Waals surface area contributed by atoms with Crippen LogP contribution in [0.25, 0.3) is 21.9 Å². The Morgan fingerprint density at radius 2 is 1.50 bits per heavy atom. The molecule has 4 rings (SSSR count). The van der Waals surface area contributed by atoms with Crippen LogP contribution in [-0.2, 0) is 17.8 Å². The quantitative estimate of drug-likeness (QED) is 0.243. The molecule has 0 amide bonds. The third kappa shape index (κ3) is 6.59. The van der Waals surface area contributed by atoms with Gasteiger partial charge >= 0.3 is 0 Å². The van der Waals surface area contributed by atoms with E-state index in [0.29, 0.717) is 6.54 Å². The maximum atomic E-state index is 10.7. The highest BCUT2D eigenvalue weighted by Crippen LogP contribution is 2.32. The van der Waals surface area contributed by atoms with Crippen LogP contribution in [0.4, 0.5) is 0 Å². The van der Waals surface area contributed by atoms with Gasteiger partial charge in [0, 0.05) is 12.1 Å². The molecule has 4 aromatic carbocycles. The highest BCUT2D eigenvalue weighted by atomic mass is 16.5. The third-order valence-electron chi connectivity index (χ3n) is 6.69. The predicted octanol–water partition coefficient (Wildman–Crippen LogP) is 6.05. The second-order valence-electron chi connectivity index (χ2n) is 10.2. The first kappa shape index (κ1) is 26.1. The Balaban J connectivity index is 1.33. The van der Waals surface area contributed by atoms with Gasteiger partial charge in [-0.2, -0.15) is 0 Å². The fraction of sp³-hybridized carbons (Fsp3) is 0.312. The molecule has 0 bridgehead atoms. The van der Waals surface area contributed by atoms with Crippen molar-refractivity contribution >= 4 is 10.8 Å². The Bertz CT molecular complexity index is 1280. The SMILES string of the molecule is CC(OC[C@H](O)CNC(C)(C)Cc1ccc2ccccc2c1)c1ccccc1-c1ccccc1CO. The third-order valence-corrected chi connectivity index (χ3v) is 6.69. The smallest absolute Gasteiger partial charge is 0.0898 e. The van der Waals surface area contributed by atoms with E-state index in [1.807, 2.05) is 49.4 Å². The minimum absolute atomic E-state index is 0.0148. The normalized spacial score (nSPS) is 13.6. The Kier molecular flexibility index (Phi) is 8.55. The molecule has 0 aliphatic heterocycles. The molecule has 188 valence electrons. The van der Waals surface area contributed by atoms with Gasteiger partial charge in [0.05, 0.1) is 25.4 Å². The Labute approximate surface area is 214 Å². The summed E-state index contributed by atoms with van der Waals surface area (Å²) < 4.78 is 6.10. The minimum Gasteiger partial charge on any atom is -0.392 e. The topological polar surface area (TPSA) is 61.7 Å². The van der Waals surface area contributed by atoms with Gasteiger partial charge in [-0.05, 0) is 65.8 Å². The zero-order valence-electron chi connectivity index (χ0n) is 21.4. The number of hydrogen-bond donors (Lipinski definition) is 3. The van der Waals surface area contributed by atoms with Crippen LogP contribution in [0.1, 0.15) is 43.6 Å². The van der Waals surface area contributed by atoms with Crippen molar-refractivity contribution in [3.05, 3.63) is 108 Å². The molecule has 0 heterocycles.